The number of ether oxygens (including phenoxy) is 2. The summed E-state index contributed by atoms with van der Waals surface area (Å²) in [4.78, 5) is 18.9. The van der Waals surface area contributed by atoms with Gasteiger partial charge in [-0.15, -0.1) is 0 Å². The maximum atomic E-state index is 11.1. The number of carbonyl (C=O) groups excluding carboxylic acids is 1. The van der Waals surface area contributed by atoms with Crippen LogP contribution in [0.25, 0.3) is 0 Å². The topological polar surface area (TPSA) is 61.3 Å². The Morgan fingerprint density at radius 2 is 2.20 bits per heavy atom. The molecule has 0 unspecified atom stereocenters. The van der Waals surface area contributed by atoms with Gasteiger partial charge in [-0.3, -0.25) is 4.98 Å². The highest BCUT2D eigenvalue weighted by Crippen LogP contribution is 2.07. The Balaban J connectivity index is 2.70. The molecule has 0 aliphatic heterocycles. The molecule has 0 fully saturated rings. The molecule has 0 saturated carbocycles. The van der Waals surface area contributed by atoms with Crippen molar-refractivity contribution in [3.63, 3.8) is 0 Å². The van der Waals surface area contributed by atoms with Crippen LogP contribution < -0.4 is 4.74 Å². The second kappa shape index (κ2) is 5.29. The minimum atomic E-state index is -0.516. The SMILES string of the molecule is COC(=O)c1cncc(OCC(C)C)n1. The lowest BCUT2D eigenvalue weighted by Gasteiger charge is -2.07. The maximum Gasteiger partial charge on any atom is 0.358 e. The smallest absolute Gasteiger partial charge is 0.358 e. The minimum Gasteiger partial charge on any atom is -0.476 e. The Hall–Kier alpha value is -1.65. The van der Waals surface area contributed by atoms with E-state index in [4.69, 9.17) is 4.74 Å². The molecule has 5 heteroatoms. The number of methoxy groups -OCH3 is 1. The Bertz CT molecular complexity index is 339. The highest BCUT2D eigenvalue weighted by atomic mass is 16.5. The van der Waals surface area contributed by atoms with Gasteiger partial charge in [0.05, 0.1) is 26.1 Å². The van der Waals surface area contributed by atoms with Crippen LogP contribution in [0.1, 0.15) is 24.3 Å². The van der Waals surface area contributed by atoms with E-state index in [0.29, 0.717) is 18.4 Å². The van der Waals surface area contributed by atoms with Crippen molar-refractivity contribution in [1.29, 1.82) is 0 Å². The van der Waals surface area contributed by atoms with E-state index in [1.165, 1.54) is 19.5 Å². The van der Waals surface area contributed by atoms with Gasteiger partial charge >= 0.3 is 5.97 Å². The number of esters is 1. The van der Waals surface area contributed by atoms with E-state index in [9.17, 15) is 4.79 Å². The molecule has 0 bridgehead atoms. The van der Waals surface area contributed by atoms with Gasteiger partial charge in [0.2, 0.25) is 5.88 Å². The number of hydrogen-bond donors (Lipinski definition) is 0. The van der Waals surface area contributed by atoms with Crippen molar-refractivity contribution in [2.24, 2.45) is 5.92 Å². The van der Waals surface area contributed by atoms with Gasteiger partial charge < -0.3 is 9.47 Å². The van der Waals surface area contributed by atoms with Crippen LogP contribution in [-0.2, 0) is 4.74 Å². The van der Waals surface area contributed by atoms with E-state index in [1.807, 2.05) is 13.8 Å². The lowest BCUT2D eigenvalue weighted by molar-refractivity contribution is 0.0592. The van der Waals surface area contributed by atoms with Gasteiger partial charge in [0.15, 0.2) is 5.69 Å². The van der Waals surface area contributed by atoms with Crippen molar-refractivity contribution in [1.82, 2.24) is 9.97 Å². The predicted molar refractivity (Wildman–Crippen MR) is 53.7 cm³/mol. The zero-order chi connectivity index (χ0) is 11.3. The molecule has 0 N–H and O–H groups in total. The fraction of sp³-hybridized carbons (Fsp3) is 0.500. The quantitative estimate of drug-likeness (QED) is 0.701. The predicted octanol–water partition coefficient (Wildman–Crippen LogP) is 1.30. The largest absolute Gasteiger partial charge is 0.476 e. The van der Waals surface area contributed by atoms with Gasteiger partial charge in [-0.25, -0.2) is 9.78 Å². The standard InChI is InChI=1S/C10H14N2O3/c1-7(2)6-15-9-5-11-4-8(12-9)10(13)14-3/h4-5,7H,6H2,1-3H3. The van der Waals surface area contributed by atoms with E-state index >= 15 is 0 Å². The molecule has 0 radical (unpaired) electrons. The highest BCUT2D eigenvalue weighted by molar-refractivity contribution is 5.86. The Labute approximate surface area is 88.4 Å². The second-order valence-electron chi connectivity index (χ2n) is 3.44. The van der Waals surface area contributed by atoms with E-state index in [1.54, 1.807) is 0 Å². The zero-order valence-corrected chi connectivity index (χ0v) is 9.06. The summed E-state index contributed by atoms with van der Waals surface area (Å²) in [6, 6.07) is 0. The van der Waals surface area contributed by atoms with Crippen LogP contribution in [-0.4, -0.2) is 29.7 Å². The van der Waals surface area contributed by atoms with Crippen LogP contribution >= 0.6 is 0 Å². The number of rotatable bonds is 4. The van der Waals surface area contributed by atoms with E-state index in [-0.39, 0.29) is 5.69 Å². The summed E-state index contributed by atoms with van der Waals surface area (Å²) in [7, 11) is 1.30. The molecule has 5 nitrogen and oxygen atoms in total. The lowest BCUT2D eigenvalue weighted by Crippen LogP contribution is -2.09. The molecule has 0 atom stereocenters. The van der Waals surface area contributed by atoms with Crippen LogP contribution in [0, 0.1) is 5.92 Å². The van der Waals surface area contributed by atoms with Gasteiger partial charge in [0, 0.05) is 0 Å². The summed E-state index contributed by atoms with van der Waals surface area (Å²) >= 11 is 0. The monoisotopic (exact) mass is 210 g/mol. The summed E-state index contributed by atoms with van der Waals surface area (Å²) in [5, 5.41) is 0. The first-order valence-corrected chi connectivity index (χ1v) is 4.66. The third-order valence-corrected chi connectivity index (χ3v) is 1.57. The normalized spacial score (nSPS) is 10.1. The molecule has 82 valence electrons. The van der Waals surface area contributed by atoms with E-state index in [2.05, 4.69) is 14.7 Å². The summed E-state index contributed by atoms with van der Waals surface area (Å²) < 4.78 is 9.84. The Morgan fingerprint density at radius 1 is 1.47 bits per heavy atom. The van der Waals surface area contributed by atoms with Gasteiger partial charge in [-0.05, 0) is 5.92 Å². The summed E-state index contributed by atoms with van der Waals surface area (Å²) in [6.45, 7) is 4.59. The molecule has 0 amide bonds. The molecule has 1 heterocycles. The first kappa shape index (κ1) is 11.4. The van der Waals surface area contributed by atoms with E-state index in [0.717, 1.165) is 0 Å². The highest BCUT2D eigenvalue weighted by Gasteiger charge is 2.09. The molecule has 0 aliphatic rings. The fourth-order valence-electron chi connectivity index (χ4n) is 0.873. The Morgan fingerprint density at radius 3 is 2.80 bits per heavy atom. The average Bonchev–Trinajstić information content (AvgIpc) is 2.25. The summed E-state index contributed by atoms with van der Waals surface area (Å²) in [5.74, 6) is 0.220. The summed E-state index contributed by atoms with van der Waals surface area (Å²) in [6.07, 6.45) is 2.81. The van der Waals surface area contributed by atoms with Gasteiger partial charge in [0.25, 0.3) is 0 Å². The van der Waals surface area contributed by atoms with Gasteiger partial charge in [-0.2, -0.15) is 0 Å². The van der Waals surface area contributed by atoms with Gasteiger partial charge in [-0.1, -0.05) is 13.8 Å². The molecule has 1 aromatic heterocycles. The first-order chi connectivity index (χ1) is 7.13. The molecule has 1 rings (SSSR count). The molecule has 0 aromatic carbocycles. The van der Waals surface area contributed by atoms with Crippen molar-refractivity contribution < 1.29 is 14.3 Å². The summed E-state index contributed by atoms with van der Waals surface area (Å²) in [5.41, 5.74) is 0.152. The van der Waals surface area contributed by atoms with Crippen LogP contribution in [0.15, 0.2) is 12.4 Å². The molecule has 0 spiro atoms. The van der Waals surface area contributed by atoms with Crippen molar-refractivity contribution in [3.8, 4) is 5.88 Å². The van der Waals surface area contributed by atoms with Gasteiger partial charge in [0.1, 0.15) is 0 Å². The zero-order valence-electron chi connectivity index (χ0n) is 9.06. The van der Waals surface area contributed by atoms with Crippen LogP contribution in [0.4, 0.5) is 0 Å². The second-order valence-corrected chi connectivity index (χ2v) is 3.44. The van der Waals surface area contributed by atoms with Crippen LogP contribution in [0.2, 0.25) is 0 Å². The molecule has 0 saturated heterocycles. The Kier molecular flexibility index (Phi) is 4.03. The fourth-order valence-corrected chi connectivity index (χ4v) is 0.873. The lowest BCUT2D eigenvalue weighted by atomic mass is 10.2. The maximum absolute atomic E-state index is 11.1. The molecular formula is C10H14N2O3. The minimum absolute atomic E-state index is 0.152. The number of carbonyl (C=O) groups is 1. The average molecular weight is 210 g/mol. The van der Waals surface area contributed by atoms with Crippen LogP contribution in [0.5, 0.6) is 5.88 Å². The molecular weight excluding hydrogens is 196 g/mol. The van der Waals surface area contributed by atoms with Crippen molar-refractivity contribution in [3.05, 3.63) is 18.1 Å². The van der Waals surface area contributed by atoms with Crippen LogP contribution in [0.3, 0.4) is 0 Å². The molecule has 0 aliphatic carbocycles. The van der Waals surface area contributed by atoms with E-state index < -0.39 is 5.97 Å². The molecule has 15 heavy (non-hydrogen) atoms. The first-order valence-electron chi connectivity index (χ1n) is 4.66. The number of nitrogens with zero attached hydrogens (tertiary/aromatic N) is 2. The van der Waals surface area contributed by atoms with Crippen molar-refractivity contribution in [2.45, 2.75) is 13.8 Å². The molecule has 1 aromatic rings. The van der Waals surface area contributed by atoms with Crippen molar-refractivity contribution >= 4 is 5.97 Å². The number of aromatic nitrogens is 2. The number of hydrogen-bond acceptors (Lipinski definition) is 5. The van der Waals surface area contributed by atoms with Crippen molar-refractivity contribution in [2.75, 3.05) is 13.7 Å². The third kappa shape index (κ3) is 3.53. The third-order valence-electron chi connectivity index (χ3n) is 1.57.